The molecule has 0 aliphatic heterocycles. The highest BCUT2D eigenvalue weighted by Crippen LogP contribution is 2.29. The van der Waals surface area contributed by atoms with Crippen LogP contribution in [-0.4, -0.2) is 16.6 Å². The van der Waals surface area contributed by atoms with Crippen LogP contribution in [0.15, 0.2) is 47.5 Å². The monoisotopic (exact) mass is 327 g/mol. The minimum Gasteiger partial charge on any atom is -0.282 e. The third-order valence-corrected chi connectivity index (χ3v) is 3.98. The fourth-order valence-corrected chi connectivity index (χ4v) is 2.63. The van der Waals surface area contributed by atoms with Gasteiger partial charge in [-0.3, -0.25) is 15.6 Å². The Morgan fingerprint density at radius 2 is 2.10 bits per heavy atom. The van der Waals surface area contributed by atoms with Gasteiger partial charge in [0, 0.05) is 16.1 Å². The van der Waals surface area contributed by atoms with Crippen molar-refractivity contribution in [2.45, 2.75) is 4.90 Å². The summed E-state index contributed by atoms with van der Waals surface area (Å²) in [5.41, 5.74) is 5.28. The molecular formula is C13H11Cl2N3OS. The minimum atomic E-state index is -0.184. The summed E-state index contributed by atoms with van der Waals surface area (Å²) in [4.78, 5) is 16.5. The van der Waals surface area contributed by atoms with Crippen LogP contribution in [0.4, 0.5) is 5.82 Å². The Balaban J connectivity index is 1.82. The molecule has 0 aliphatic carbocycles. The number of aromatic nitrogens is 1. The van der Waals surface area contributed by atoms with E-state index >= 15 is 0 Å². The van der Waals surface area contributed by atoms with Gasteiger partial charge in [0.25, 0.3) is 0 Å². The van der Waals surface area contributed by atoms with Gasteiger partial charge in [0.2, 0.25) is 5.91 Å². The average Bonchev–Trinajstić information content (AvgIpc) is 2.47. The highest BCUT2D eigenvalue weighted by atomic mass is 35.5. The summed E-state index contributed by atoms with van der Waals surface area (Å²) in [6.07, 6.45) is 1.63. The molecule has 7 heteroatoms. The van der Waals surface area contributed by atoms with Crippen LogP contribution in [0.5, 0.6) is 0 Å². The van der Waals surface area contributed by atoms with Gasteiger partial charge >= 0.3 is 0 Å². The number of hydrazine groups is 1. The maximum atomic E-state index is 11.7. The number of carbonyl (C=O) groups excluding carboxylic acids is 1. The molecule has 104 valence electrons. The second-order valence-corrected chi connectivity index (χ2v) is 5.61. The molecule has 0 saturated heterocycles. The van der Waals surface area contributed by atoms with Crippen molar-refractivity contribution < 1.29 is 4.79 Å². The Labute approximate surface area is 130 Å². The van der Waals surface area contributed by atoms with E-state index in [1.165, 1.54) is 11.8 Å². The number of halogens is 2. The molecule has 1 aromatic heterocycles. The first-order valence-corrected chi connectivity index (χ1v) is 7.43. The number of nitrogens with zero attached hydrogens (tertiary/aromatic N) is 1. The van der Waals surface area contributed by atoms with E-state index in [4.69, 9.17) is 23.2 Å². The molecule has 1 aromatic carbocycles. The molecule has 0 fully saturated rings. The molecule has 0 aliphatic rings. The predicted molar refractivity (Wildman–Crippen MR) is 83.2 cm³/mol. The minimum absolute atomic E-state index is 0.184. The molecule has 0 spiro atoms. The van der Waals surface area contributed by atoms with Crippen molar-refractivity contribution in [1.82, 2.24) is 10.4 Å². The van der Waals surface area contributed by atoms with Crippen LogP contribution in [0.3, 0.4) is 0 Å². The Morgan fingerprint density at radius 1 is 1.25 bits per heavy atom. The van der Waals surface area contributed by atoms with Crippen molar-refractivity contribution in [3.8, 4) is 0 Å². The van der Waals surface area contributed by atoms with Gasteiger partial charge in [-0.1, -0.05) is 29.3 Å². The fraction of sp³-hybridized carbons (Fsp3) is 0.0769. The fourth-order valence-electron chi connectivity index (χ4n) is 1.34. The van der Waals surface area contributed by atoms with Crippen LogP contribution in [0.2, 0.25) is 10.0 Å². The summed E-state index contributed by atoms with van der Waals surface area (Å²) in [6, 6.07) is 10.5. The number of carbonyl (C=O) groups is 1. The van der Waals surface area contributed by atoms with E-state index in [0.717, 1.165) is 4.90 Å². The third kappa shape index (κ3) is 4.59. The Hall–Kier alpha value is -1.43. The lowest BCUT2D eigenvalue weighted by Crippen LogP contribution is -2.31. The van der Waals surface area contributed by atoms with E-state index in [-0.39, 0.29) is 11.7 Å². The number of nitrogens with one attached hydrogen (secondary N) is 2. The molecule has 1 amide bonds. The lowest BCUT2D eigenvalue weighted by atomic mass is 10.4. The van der Waals surface area contributed by atoms with Crippen LogP contribution in [-0.2, 0) is 4.79 Å². The summed E-state index contributed by atoms with van der Waals surface area (Å²) >= 11 is 13.2. The first-order valence-electron chi connectivity index (χ1n) is 5.69. The van der Waals surface area contributed by atoms with Crippen molar-refractivity contribution in [2.75, 3.05) is 11.2 Å². The highest BCUT2D eigenvalue weighted by molar-refractivity contribution is 8.00. The maximum absolute atomic E-state index is 11.7. The molecule has 2 aromatic rings. The lowest BCUT2D eigenvalue weighted by Gasteiger charge is -2.08. The van der Waals surface area contributed by atoms with Crippen LogP contribution in [0.1, 0.15) is 0 Å². The van der Waals surface area contributed by atoms with Gasteiger partial charge in [-0.25, -0.2) is 4.98 Å². The standard InChI is InChI=1S/C13H11Cl2N3OS/c14-9-4-5-10(15)11(7-9)20-8-13(19)18-17-12-3-1-2-6-16-12/h1-7H,8H2,(H,16,17)(H,18,19). The van der Waals surface area contributed by atoms with Gasteiger partial charge in [-0.15, -0.1) is 11.8 Å². The van der Waals surface area contributed by atoms with Gasteiger partial charge in [0.1, 0.15) is 5.82 Å². The number of pyridine rings is 1. The largest absolute Gasteiger partial charge is 0.282 e. The number of benzene rings is 1. The number of thioether (sulfide) groups is 1. The van der Waals surface area contributed by atoms with Crippen molar-refractivity contribution in [3.63, 3.8) is 0 Å². The average molecular weight is 328 g/mol. The van der Waals surface area contributed by atoms with E-state index in [9.17, 15) is 4.79 Å². The third-order valence-electron chi connectivity index (χ3n) is 2.25. The zero-order valence-electron chi connectivity index (χ0n) is 10.3. The summed E-state index contributed by atoms with van der Waals surface area (Å²) in [7, 11) is 0. The maximum Gasteiger partial charge on any atom is 0.248 e. The predicted octanol–water partition coefficient (Wildman–Crippen LogP) is 3.62. The van der Waals surface area contributed by atoms with E-state index in [0.29, 0.717) is 15.9 Å². The van der Waals surface area contributed by atoms with Crippen molar-refractivity contribution >= 4 is 46.7 Å². The summed E-state index contributed by atoms with van der Waals surface area (Å²) < 4.78 is 0. The molecule has 0 saturated carbocycles. The molecule has 0 unspecified atom stereocenters. The number of amides is 1. The quantitative estimate of drug-likeness (QED) is 0.650. The van der Waals surface area contributed by atoms with Crippen LogP contribution in [0, 0.1) is 0 Å². The number of hydrogen-bond donors (Lipinski definition) is 2. The smallest absolute Gasteiger partial charge is 0.248 e. The normalized spacial score (nSPS) is 10.1. The molecule has 4 nitrogen and oxygen atoms in total. The van der Waals surface area contributed by atoms with E-state index < -0.39 is 0 Å². The van der Waals surface area contributed by atoms with Gasteiger partial charge in [-0.2, -0.15) is 0 Å². The molecular weight excluding hydrogens is 317 g/mol. The Morgan fingerprint density at radius 3 is 2.85 bits per heavy atom. The number of rotatable bonds is 5. The topological polar surface area (TPSA) is 54.0 Å². The van der Waals surface area contributed by atoms with Crippen molar-refractivity contribution in [2.24, 2.45) is 0 Å². The second kappa shape index (κ2) is 7.38. The van der Waals surface area contributed by atoms with Gasteiger partial charge in [-0.05, 0) is 30.3 Å². The van der Waals surface area contributed by atoms with Gasteiger partial charge in [0.05, 0.1) is 10.8 Å². The molecule has 2 N–H and O–H groups in total. The second-order valence-electron chi connectivity index (χ2n) is 3.75. The molecule has 20 heavy (non-hydrogen) atoms. The van der Waals surface area contributed by atoms with Gasteiger partial charge < -0.3 is 0 Å². The zero-order chi connectivity index (χ0) is 14.4. The first-order chi connectivity index (χ1) is 9.65. The first kappa shape index (κ1) is 15.0. The van der Waals surface area contributed by atoms with Crippen LogP contribution >= 0.6 is 35.0 Å². The molecule has 0 atom stereocenters. The van der Waals surface area contributed by atoms with Crippen LogP contribution < -0.4 is 10.9 Å². The molecule has 1 heterocycles. The molecule has 2 rings (SSSR count). The Kier molecular flexibility index (Phi) is 5.52. The van der Waals surface area contributed by atoms with E-state index in [1.54, 1.807) is 36.5 Å². The zero-order valence-corrected chi connectivity index (χ0v) is 12.6. The van der Waals surface area contributed by atoms with Crippen LogP contribution in [0.25, 0.3) is 0 Å². The number of hydrogen-bond acceptors (Lipinski definition) is 4. The highest BCUT2D eigenvalue weighted by Gasteiger charge is 2.06. The lowest BCUT2D eigenvalue weighted by molar-refractivity contribution is -0.118. The summed E-state index contributed by atoms with van der Waals surface area (Å²) in [6.45, 7) is 0. The molecule has 0 radical (unpaired) electrons. The van der Waals surface area contributed by atoms with Gasteiger partial charge in [0.15, 0.2) is 0 Å². The SMILES string of the molecule is O=C(CSc1cc(Cl)ccc1Cl)NNc1ccccn1. The Bertz CT molecular complexity index is 595. The number of anilines is 1. The van der Waals surface area contributed by atoms with E-state index in [2.05, 4.69) is 15.8 Å². The summed E-state index contributed by atoms with van der Waals surface area (Å²) in [5.74, 6) is 0.614. The molecule has 0 bridgehead atoms. The van der Waals surface area contributed by atoms with E-state index in [1.807, 2.05) is 6.07 Å². The van der Waals surface area contributed by atoms with Crippen molar-refractivity contribution in [3.05, 3.63) is 52.6 Å². The van der Waals surface area contributed by atoms with Crippen molar-refractivity contribution in [1.29, 1.82) is 0 Å². The summed E-state index contributed by atoms with van der Waals surface area (Å²) in [5, 5.41) is 1.16.